The minimum atomic E-state index is -0.754. The van der Waals surface area contributed by atoms with Crippen molar-refractivity contribution in [2.45, 2.75) is 83.8 Å². The minimum absolute atomic E-state index is 0.0384. The molecule has 57 heavy (non-hydrogen) atoms. The zero-order valence-electron chi connectivity index (χ0n) is 33.0. The second kappa shape index (κ2) is 22.5. The summed E-state index contributed by atoms with van der Waals surface area (Å²) in [5.41, 5.74) is 2.07. The van der Waals surface area contributed by atoms with Crippen molar-refractivity contribution in [1.82, 2.24) is 25.5 Å². The van der Waals surface area contributed by atoms with Crippen LogP contribution in [-0.4, -0.2) is 116 Å². The summed E-state index contributed by atoms with van der Waals surface area (Å²) < 4.78 is 25.0. The summed E-state index contributed by atoms with van der Waals surface area (Å²) >= 11 is 5.77. The fraction of sp³-hybridized carbons (Fsp3) is 0.550. The topological polar surface area (TPSA) is 176 Å². The van der Waals surface area contributed by atoms with E-state index >= 15 is 0 Å². The predicted molar refractivity (Wildman–Crippen MR) is 209 cm³/mol. The van der Waals surface area contributed by atoms with Crippen LogP contribution in [0.2, 0.25) is 5.02 Å². The quantitative estimate of drug-likeness (QED) is 0.0945. The van der Waals surface area contributed by atoms with Crippen molar-refractivity contribution >= 4 is 52.8 Å². The van der Waals surface area contributed by atoms with Crippen LogP contribution in [0.25, 0.3) is 0 Å². The lowest BCUT2D eigenvalue weighted by Crippen LogP contribution is -2.44. The highest BCUT2D eigenvalue weighted by Crippen LogP contribution is 2.22. The molecule has 0 atom stereocenters. The molecule has 15 nitrogen and oxygen atoms in total. The van der Waals surface area contributed by atoms with Crippen LogP contribution in [0.15, 0.2) is 36.4 Å². The van der Waals surface area contributed by atoms with Gasteiger partial charge in [0.05, 0.1) is 31.3 Å². The number of anilines is 1. The number of hydrogen-bond acceptors (Lipinski definition) is 11. The zero-order chi connectivity index (χ0) is 41.4. The van der Waals surface area contributed by atoms with Gasteiger partial charge in [-0.3, -0.25) is 28.9 Å². The molecule has 0 aromatic heterocycles. The number of halogens is 2. The van der Waals surface area contributed by atoms with Gasteiger partial charge in [-0.05, 0) is 101 Å². The summed E-state index contributed by atoms with van der Waals surface area (Å²) in [6.07, 6.45) is 4.63. The summed E-state index contributed by atoms with van der Waals surface area (Å²) in [6.45, 7) is 8.78. The van der Waals surface area contributed by atoms with Crippen LogP contribution >= 0.6 is 11.6 Å². The first-order valence-corrected chi connectivity index (χ1v) is 19.7. The van der Waals surface area contributed by atoms with Gasteiger partial charge >= 0.3 is 17.8 Å². The van der Waals surface area contributed by atoms with E-state index < -0.39 is 41.3 Å². The van der Waals surface area contributed by atoms with Gasteiger partial charge < -0.3 is 35.2 Å². The summed E-state index contributed by atoms with van der Waals surface area (Å²) in [4.78, 5) is 82.6. The number of carbonyl (C=O) groups is 6. The van der Waals surface area contributed by atoms with E-state index in [0.717, 1.165) is 56.0 Å². The van der Waals surface area contributed by atoms with Crippen molar-refractivity contribution < 1.29 is 47.5 Å². The molecular weight excluding hydrogens is 763 g/mol. The van der Waals surface area contributed by atoms with E-state index in [1.54, 1.807) is 18.2 Å². The fourth-order valence-corrected chi connectivity index (χ4v) is 6.29. The maximum absolute atomic E-state index is 13.9. The molecule has 0 aliphatic carbocycles. The number of amides is 5. The number of carbonyl (C=O) groups excluding carboxylic acids is 6. The van der Waals surface area contributed by atoms with Gasteiger partial charge in [-0.1, -0.05) is 24.1 Å². The molecule has 2 heterocycles. The Labute approximate surface area is 337 Å². The van der Waals surface area contributed by atoms with Crippen LogP contribution in [0.3, 0.4) is 0 Å². The first kappa shape index (κ1) is 45.2. The Bertz CT molecular complexity index is 1720. The van der Waals surface area contributed by atoms with E-state index in [4.69, 9.17) is 25.9 Å². The van der Waals surface area contributed by atoms with Gasteiger partial charge in [-0.25, -0.2) is 9.18 Å². The summed E-state index contributed by atoms with van der Waals surface area (Å²) in [6, 6.07) is 9.23. The lowest BCUT2D eigenvalue weighted by Gasteiger charge is -2.35. The SMILES string of the molecule is CN(CCCNC(=O)C(=O)NCc1ccc(C(=O)Nc2ccc(Cl)c(F)c2)cc1CN1CCCCC1)C(C)(C)CCOCCOCCC(=O)ON1C(=O)CCC1=O. The standard InChI is InChI=1S/C40H54ClFN6O9/c1-40(2,15-21-56-23-22-55-20-14-36(51)57-48-34(49)12-13-35(48)50)46(3)17-7-16-43-38(53)39(54)44-26-29-9-8-28(24-30(29)27-47-18-5-4-6-19-47)37(52)45-31-10-11-32(41)33(42)25-31/h8-11,24-25H,4-7,12-23,26-27H2,1-3H3,(H,43,53)(H,44,54)(H,45,52). The first-order valence-electron chi connectivity index (χ1n) is 19.3. The number of ether oxygens (including phenoxy) is 2. The molecule has 2 aliphatic rings. The second-order valence-corrected chi connectivity index (χ2v) is 15.1. The Morgan fingerprint density at radius 2 is 1.56 bits per heavy atom. The van der Waals surface area contributed by atoms with Gasteiger partial charge in [0.1, 0.15) is 5.82 Å². The molecule has 0 radical (unpaired) electrons. The van der Waals surface area contributed by atoms with Gasteiger partial charge in [0.2, 0.25) is 0 Å². The number of rotatable bonds is 21. The Hall–Kier alpha value is -4.48. The van der Waals surface area contributed by atoms with Gasteiger partial charge in [-0.15, -0.1) is 5.06 Å². The van der Waals surface area contributed by atoms with Crippen LogP contribution in [-0.2, 0) is 51.4 Å². The number of hydroxylamine groups is 2. The number of nitrogens with one attached hydrogen (secondary N) is 3. The average molecular weight is 817 g/mol. The third kappa shape index (κ3) is 14.8. The van der Waals surface area contributed by atoms with Gasteiger partial charge in [0.25, 0.3) is 17.7 Å². The maximum Gasteiger partial charge on any atom is 0.335 e. The molecule has 0 saturated carbocycles. The fourth-order valence-electron chi connectivity index (χ4n) is 6.17. The summed E-state index contributed by atoms with van der Waals surface area (Å²) in [5.74, 6) is -4.31. The molecule has 0 spiro atoms. The maximum atomic E-state index is 13.9. The number of benzene rings is 2. The van der Waals surface area contributed by atoms with E-state index in [2.05, 4.69) is 39.6 Å². The second-order valence-electron chi connectivity index (χ2n) is 14.7. The molecule has 312 valence electrons. The normalized spacial score (nSPS) is 14.9. The van der Waals surface area contributed by atoms with Crippen molar-refractivity contribution in [3.63, 3.8) is 0 Å². The zero-order valence-corrected chi connectivity index (χ0v) is 33.7. The smallest absolute Gasteiger partial charge is 0.335 e. The lowest BCUT2D eigenvalue weighted by atomic mass is 9.99. The molecule has 17 heteroatoms. The van der Waals surface area contributed by atoms with E-state index in [-0.39, 0.29) is 55.3 Å². The first-order chi connectivity index (χ1) is 27.2. The number of hydrogen-bond donors (Lipinski definition) is 3. The van der Waals surface area contributed by atoms with Crippen molar-refractivity contribution in [3.8, 4) is 0 Å². The van der Waals surface area contributed by atoms with Crippen molar-refractivity contribution in [1.29, 1.82) is 0 Å². The predicted octanol–water partition coefficient (Wildman–Crippen LogP) is 3.97. The van der Waals surface area contributed by atoms with Crippen molar-refractivity contribution in [2.75, 3.05) is 65.0 Å². The number of nitrogens with zero attached hydrogens (tertiary/aromatic N) is 3. The molecular formula is C40H54ClFN6O9. The van der Waals surface area contributed by atoms with Crippen LogP contribution in [0.4, 0.5) is 10.1 Å². The molecule has 4 rings (SSSR count). The van der Waals surface area contributed by atoms with Gasteiger partial charge in [0.15, 0.2) is 0 Å². The van der Waals surface area contributed by atoms with Gasteiger partial charge in [-0.2, -0.15) is 0 Å². The van der Waals surface area contributed by atoms with Crippen LogP contribution in [0.1, 0.15) is 86.7 Å². The molecule has 2 fully saturated rings. The highest BCUT2D eigenvalue weighted by atomic mass is 35.5. The average Bonchev–Trinajstić information content (AvgIpc) is 3.50. The van der Waals surface area contributed by atoms with Crippen LogP contribution in [0, 0.1) is 5.82 Å². The molecule has 3 N–H and O–H groups in total. The minimum Gasteiger partial charge on any atom is -0.379 e. The largest absolute Gasteiger partial charge is 0.379 e. The monoisotopic (exact) mass is 816 g/mol. The van der Waals surface area contributed by atoms with Crippen LogP contribution < -0.4 is 16.0 Å². The highest BCUT2D eigenvalue weighted by molar-refractivity contribution is 6.35. The summed E-state index contributed by atoms with van der Waals surface area (Å²) in [7, 11) is 1.98. The van der Waals surface area contributed by atoms with E-state index in [1.807, 2.05) is 7.05 Å². The molecule has 5 amide bonds. The van der Waals surface area contributed by atoms with Crippen molar-refractivity contribution in [3.05, 3.63) is 63.9 Å². The van der Waals surface area contributed by atoms with Crippen LogP contribution in [0.5, 0.6) is 0 Å². The Morgan fingerprint density at radius 3 is 2.26 bits per heavy atom. The lowest BCUT2D eigenvalue weighted by molar-refractivity contribution is -0.198. The van der Waals surface area contributed by atoms with E-state index in [0.29, 0.717) is 49.9 Å². The molecule has 2 aromatic rings. The molecule has 0 bridgehead atoms. The number of imide groups is 1. The van der Waals surface area contributed by atoms with E-state index in [1.165, 1.54) is 12.1 Å². The summed E-state index contributed by atoms with van der Waals surface area (Å²) in [5, 5.41) is 8.58. The van der Waals surface area contributed by atoms with Gasteiger partial charge in [0, 0.05) is 62.4 Å². The van der Waals surface area contributed by atoms with Crippen molar-refractivity contribution in [2.24, 2.45) is 0 Å². The molecule has 0 unspecified atom stereocenters. The molecule has 2 aliphatic heterocycles. The third-order valence-electron chi connectivity index (χ3n) is 10.0. The molecule has 2 aromatic carbocycles. The number of piperidine rings is 1. The Balaban J connectivity index is 1.12. The Morgan fingerprint density at radius 1 is 0.877 bits per heavy atom. The number of likely N-dealkylation sites (tertiary alicyclic amines) is 1. The molecule has 2 saturated heterocycles. The highest BCUT2D eigenvalue weighted by Gasteiger charge is 2.32. The van der Waals surface area contributed by atoms with E-state index in [9.17, 15) is 33.2 Å². The Kier molecular flexibility index (Phi) is 17.8. The third-order valence-corrected chi connectivity index (χ3v) is 10.3.